The summed E-state index contributed by atoms with van der Waals surface area (Å²) in [6, 6.07) is 8.22. The molecule has 1 aliphatic rings. The summed E-state index contributed by atoms with van der Waals surface area (Å²) in [6.07, 6.45) is -3.90. The molecule has 1 aromatic rings. The second-order valence-electron chi connectivity index (χ2n) is 5.27. The van der Waals surface area contributed by atoms with Gasteiger partial charge in [0.1, 0.15) is 6.54 Å². The number of hydrogen-bond acceptors (Lipinski definition) is 1. The van der Waals surface area contributed by atoms with E-state index >= 15 is 0 Å². The van der Waals surface area contributed by atoms with Crippen molar-refractivity contribution in [2.24, 2.45) is 0 Å². The van der Waals surface area contributed by atoms with Crippen LogP contribution in [0.3, 0.4) is 0 Å². The monoisotopic (exact) mass is 287 g/mol. The first kappa shape index (κ1) is 14.8. The fourth-order valence-corrected chi connectivity index (χ4v) is 2.79. The predicted octanol–water partition coefficient (Wildman–Crippen LogP) is 1.56. The van der Waals surface area contributed by atoms with E-state index in [1.54, 1.807) is 6.92 Å². The van der Waals surface area contributed by atoms with Crippen LogP contribution < -0.4 is 5.73 Å². The highest BCUT2D eigenvalue weighted by Gasteiger charge is 2.45. The van der Waals surface area contributed by atoms with E-state index in [1.807, 2.05) is 30.3 Å². The fourth-order valence-electron chi connectivity index (χ4n) is 2.79. The predicted molar refractivity (Wildman–Crippen MR) is 67.7 cm³/mol. The quantitative estimate of drug-likeness (QED) is 0.881. The number of carbonyl (C=O) groups excluding carboxylic acids is 1. The first-order valence-electron chi connectivity index (χ1n) is 6.55. The third kappa shape index (κ3) is 3.12. The van der Waals surface area contributed by atoms with Crippen LogP contribution in [0.2, 0.25) is 0 Å². The molecule has 0 aliphatic carbocycles. The number of alkyl halides is 3. The van der Waals surface area contributed by atoms with Crippen LogP contribution in [0.25, 0.3) is 0 Å². The molecule has 6 heteroatoms. The summed E-state index contributed by atoms with van der Waals surface area (Å²) in [4.78, 5) is 12.9. The van der Waals surface area contributed by atoms with Gasteiger partial charge in [-0.15, -0.1) is 0 Å². The van der Waals surface area contributed by atoms with Gasteiger partial charge in [-0.3, -0.25) is 4.79 Å². The van der Waals surface area contributed by atoms with Gasteiger partial charge in [0, 0.05) is 18.4 Å². The van der Waals surface area contributed by atoms with Crippen molar-refractivity contribution in [3.05, 3.63) is 35.9 Å². The molecule has 0 saturated carbocycles. The lowest BCUT2D eigenvalue weighted by Crippen LogP contribution is -2.72. The Morgan fingerprint density at radius 1 is 1.30 bits per heavy atom. The minimum absolute atomic E-state index is 0.112. The van der Waals surface area contributed by atoms with E-state index in [0.29, 0.717) is 6.42 Å². The molecule has 0 aromatic heterocycles. The Morgan fingerprint density at radius 2 is 1.90 bits per heavy atom. The lowest BCUT2D eigenvalue weighted by Gasteiger charge is -2.40. The van der Waals surface area contributed by atoms with E-state index in [4.69, 9.17) is 0 Å². The fraction of sp³-hybridized carbons (Fsp3) is 0.500. The van der Waals surface area contributed by atoms with Gasteiger partial charge in [0.15, 0.2) is 6.04 Å². The summed E-state index contributed by atoms with van der Waals surface area (Å²) < 4.78 is 37.9. The third-order valence-electron chi connectivity index (χ3n) is 3.82. The van der Waals surface area contributed by atoms with E-state index < -0.39 is 30.7 Å². The van der Waals surface area contributed by atoms with Crippen LogP contribution in [0.4, 0.5) is 13.2 Å². The maximum Gasteiger partial charge on any atom is 0.406 e. The number of carbonyl (C=O) groups is 1. The Bertz CT molecular complexity index is 475. The molecule has 20 heavy (non-hydrogen) atoms. The Hall–Kier alpha value is -1.56. The van der Waals surface area contributed by atoms with Crippen LogP contribution in [-0.4, -0.2) is 35.6 Å². The van der Waals surface area contributed by atoms with E-state index in [0.717, 1.165) is 10.5 Å². The summed E-state index contributed by atoms with van der Waals surface area (Å²) in [6.45, 7) is 0.468. The van der Waals surface area contributed by atoms with Gasteiger partial charge in [0.05, 0.1) is 0 Å². The number of amides is 1. The van der Waals surface area contributed by atoms with Gasteiger partial charge in [0.2, 0.25) is 0 Å². The molecular weight excluding hydrogens is 269 g/mol. The summed E-state index contributed by atoms with van der Waals surface area (Å²) in [5, 5.41) is 0. The van der Waals surface area contributed by atoms with E-state index in [1.165, 1.54) is 0 Å². The van der Waals surface area contributed by atoms with E-state index in [2.05, 4.69) is 5.73 Å². The summed E-state index contributed by atoms with van der Waals surface area (Å²) >= 11 is 0. The lowest BCUT2D eigenvalue weighted by molar-refractivity contribution is -0.412. The molecule has 1 aromatic carbocycles. The highest BCUT2D eigenvalue weighted by molar-refractivity contribution is 5.82. The van der Waals surface area contributed by atoms with Gasteiger partial charge in [-0.2, -0.15) is 13.2 Å². The third-order valence-corrected chi connectivity index (χ3v) is 3.82. The van der Waals surface area contributed by atoms with Gasteiger partial charge >= 0.3 is 6.18 Å². The summed E-state index contributed by atoms with van der Waals surface area (Å²) in [7, 11) is 0. The summed E-state index contributed by atoms with van der Waals surface area (Å²) in [5.41, 5.74) is 4.66. The van der Waals surface area contributed by atoms with Crippen molar-refractivity contribution in [3.63, 3.8) is 0 Å². The van der Waals surface area contributed by atoms with Gasteiger partial charge in [0.25, 0.3) is 5.91 Å². The van der Waals surface area contributed by atoms with Gasteiger partial charge in [-0.25, -0.2) is 0 Å². The number of rotatable bonds is 2. The van der Waals surface area contributed by atoms with Crippen LogP contribution in [0, 0.1) is 0 Å². The Kier molecular flexibility index (Phi) is 4.04. The molecule has 0 bridgehead atoms. The Morgan fingerprint density at radius 3 is 2.45 bits per heavy atom. The van der Waals surface area contributed by atoms with Crippen LogP contribution in [-0.2, 0) is 4.79 Å². The topological polar surface area (TPSA) is 48.0 Å². The van der Waals surface area contributed by atoms with Crippen molar-refractivity contribution in [1.29, 1.82) is 0 Å². The lowest BCUT2D eigenvalue weighted by atomic mass is 9.82. The standard InChI is InChI=1S/C14H17F3N2O/c1-9-11(10-5-3-2-4-6-10)7-12(18)13(20)19(9)8-14(15,16)17/h2-6,9,11-12H,7-8,18H2,1H3/p+1. The van der Waals surface area contributed by atoms with Crippen LogP contribution in [0.1, 0.15) is 24.8 Å². The van der Waals surface area contributed by atoms with Crippen molar-refractivity contribution in [2.45, 2.75) is 37.5 Å². The number of quaternary nitrogens is 1. The molecule has 3 atom stereocenters. The highest BCUT2D eigenvalue weighted by atomic mass is 19.4. The maximum atomic E-state index is 12.6. The smallest absolute Gasteiger partial charge is 0.347 e. The first-order chi connectivity index (χ1) is 9.29. The van der Waals surface area contributed by atoms with Crippen molar-refractivity contribution in [2.75, 3.05) is 6.54 Å². The molecule has 1 fully saturated rings. The molecule has 1 aliphatic heterocycles. The minimum Gasteiger partial charge on any atom is -0.347 e. The molecule has 1 heterocycles. The SMILES string of the molecule is CC1C(c2ccccc2)CC([NH3+])C(=O)N1CC(F)(F)F. The minimum atomic E-state index is -4.39. The molecule has 110 valence electrons. The number of likely N-dealkylation sites (tertiary alicyclic amines) is 1. The molecule has 3 unspecified atom stereocenters. The highest BCUT2D eigenvalue weighted by Crippen LogP contribution is 2.33. The second kappa shape index (κ2) is 5.44. The number of hydrogen-bond donors (Lipinski definition) is 1. The molecule has 2 rings (SSSR count). The van der Waals surface area contributed by atoms with E-state index in [9.17, 15) is 18.0 Å². The number of nitrogens with zero attached hydrogens (tertiary/aromatic N) is 1. The molecule has 3 N–H and O–H groups in total. The first-order valence-corrected chi connectivity index (χ1v) is 6.55. The van der Waals surface area contributed by atoms with Crippen molar-refractivity contribution in [3.8, 4) is 0 Å². The number of piperidine rings is 1. The largest absolute Gasteiger partial charge is 0.406 e. The van der Waals surface area contributed by atoms with Crippen LogP contribution >= 0.6 is 0 Å². The normalized spacial score (nSPS) is 27.8. The number of benzene rings is 1. The van der Waals surface area contributed by atoms with Crippen LogP contribution in [0.15, 0.2) is 30.3 Å². The number of halogens is 3. The second-order valence-corrected chi connectivity index (χ2v) is 5.27. The van der Waals surface area contributed by atoms with Gasteiger partial charge in [-0.05, 0) is 12.5 Å². The molecule has 1 saturated heterocycles. The van der Waals surface area contributed by atoms with E-state index in [-0.39, 0.29) is 5.92 Å². The Balaban J connectivity index is 2.26. The Labute approximate surface area is 115 Å². The average Bonchev–Trinajstić information content (AvgIpc) is 2.39. The summed E-state index contributed by atoms with van der Waals surface area (Å²) in [5.74, 6) is -0.624. The zero-order valence-electron chi connectivity index (χ0n) is 11.2. The molecule has 3 nitrogen and oxygen atoms in total. The van der Waals surface area contributed by atoms with Crippen LogP contribution in [0.5, 0.6) is 0 Å². The van der Waals surface area contributed by atoms with Crippen molar-refractivity contribution >= 4 is 5.91 Å². The molecule has 0 radical (unpaired) electrons. The average molecular weight is 287 g/mol. The van der Waals surface area contributed by atoms with Gasteiger partial charge in [-0.1, -0.05) is 30.3 Å². The van der Waals surface area contributed by atoms with Crippen molar-refractivity contribution in [1.82, 2.24) is 4.90 Å². The zero-order valence-corrected chi connectivity index (χ0v) is 11.2. The van der Waals surface area contributed by atoms with Gasteiger partial charge < -0.3 is 10.6 Å². The molecule has 1 amide bonds. The van der Waals surface area contributed by atoms with Crippen molar-refractivity contribution < 1.29 is 23.7 Å². The zero-order chi connectivity index (χ0) is 14.9. The molecule has 0 spiro atoms. The molecular formula is C14H18F3N2O+. The maximum absolute atomic E-state index is 12.6.